The number of carbonyl (C=O) groups is 1. The third kappa shape index (κ3) is 4.70. The molecule has 2 N–H and O–H groups in total. The zero-order valence-electron chi connectivity index (χ0n) is 15.7. The van der Waals surface area contributed by atoms with Crippen LogP contribution in [0.4, 0.5) is 10.1 Å². The van der Waals surface area contributed by atoms with Crippen molar-refractivity contribution in [1.29, 1.82) is 0 Å². The standard InChI is InChI=1S/C21H19ClFN3O3/c1-13-16(9-10-27)21(29)26(20(24-13)14-5-4-6-15(23)11-14)12-19(28)25-18-8-3-2-7-17(18)22/h2-8,11,27H,9-10,12H2,1H3,(H,25,28). The second-order valence-corrected chi connectivity index (χ2v) is 6.81. The molecule has 0 aliphatic carbocycles. The highest BCUT2D eigenvalue weighted by molar-refractivity contribution is 6.33. The fraction of sp³-hybridized carbons (Fsp3) is 0.190. The van der Waals surface area contributed by atoms with Crippen molar-refractivity contribution in [3.05, 3.63) is 81.0 Å². The van der Waals surface area contributed by atoms with Gasteiger partial charge in [0.15, 0.2) is 0 Å². The van der Waals surface area contributed by atoms with Gasteiger partial charge in [-0.3, -0.25) is 14.2 Å². The highest BCUT2D eigenvalue weighted by atomic mass is 35.5. The van der Waals surface area contributed by atoms with E-state index in [1.54, 1.807) is 37.3 Å². The van der Waals surface area contributed by atoms with Gasteiger partial charge in [0.25, 0.3) is 5.56 Å². The van der Waals surface area contributed by atoms with Crippen molar-refractivity contribution < 1.29 is 14.3 Å². The Balaban J connectivity index is 2.05. The number of aromatic nitrogens is 2. The van der Waals surface area contributed by atoms with E-state index in [2.05, 4.69) is 10.3 Å². The molecular formula is C21H19ClFN3O3. The molecule has 0 saturated carbocycles. The van der Waals surface area contributed by atoms with Crippen molar-refractivity contribution in [1.82, 2.24) is 9.55 Å². The van der Waals surface area contributed by atoms with Crippen molar-refractivity contribution in [2.24, 2.45) is 0 Å². The number of aryl methyl sites for hydroxylation is 1. The maximum Gasteiger partial charge on any atom is 0.257 e. The van der Waals surface area contributed by atoms with Crippen molar-refractivity contribution in [3.8, 4) is 11.4 Å². The summed E-state index contributed by atoms with van der Waals surface area (Å²) in [5.74, 6) is -0.803. The van der Waals surface area contributed by atoms with E-state index < -0.39 is 17.3 Å². The van der Waals surface area contributed by atoms with Crippen LogP contribution in [0.25, 0.3) is 11.4 Å². The SMILES string of the molecule is Cc1nc(-c2cccc(F)c2)n(CC(=O)Nc2ccccc2Cl)c(=O)c1CCO. The van der Waals surface area contributed by atoms with E-state index in [-0.39, 0.29) is 25.4 Å². The topological polar surface area (TPSA) is 84.2 Å². The van der Waals surface area contributed by atoms with Crippen LogP contribution in [-0.4, -0.2) is 27.2 Å². The molecule has 8 heteroatoms. The van der Waals surface area contributed by atoms with E-state index in [1.807, 2.05) is 0 Å². The number of benzene rings is 2. The number of nitrogens with one attached hydrogen (secondary N) is 1. The minimum Gasteiger partial charge on any atom is -0.396 e. The maximum atomic E-state index is 13.7. The Kier molecular flexibility index (Phi) is 6.41. The van der Waals surface area contributed by atoms with Gasteiger partial charge in [0, 0.05) is 29.8 Å². The Morgan fingerprint density at radius 3 is 2.69 bits per heavy atom. The summed E-state index contributed by atoms with van der Waals surface area (Å²) in [6.07, 6.45) is 0.104. The molecule has 3 rings (SSSR count). The van der Waals surface area contributed by atoms with Crippen LogP contribution >= 0.6 is 11.6 Å². The summed E-state index contributed by atoms with van der Waals surface area (Å²) in [7, 11) is 0. The number of aliphatic hydroxyl groups is 1. The van der Waals surface area contributed by atoms with Crippen molar-refractivity contribution in [2.45, 2.75) is 19.9 Å². The average molecular weight is 416 g/mol. The highest BCUT2D eigenvalue weighted by Crippen LogP contribution is 2.21. The van der Waals surface area contributed by atoms with Gasteiger partial charge in [0.1, 0.15) is 18.2 Å². The monoisotopic (exact) mass is 415 g/mol. The maximum absolute atomic E-state index is 13.7. The molecule has 0 saturated heterocycles. The molecule has 0 unspecified atom stereocenters. The molecule has 0 aliphatic heterocycles. The first-order valence-corrected chi connectivity index (χ1v) is 9.30. The molecule has 3 aromatic rings. The van der Waals surface area contributed by atoms with Gasteiger partial charge >= 0.3 is 0 Å². The molecule has 2 aromatic carbocycles. The molecule has 29 heavy (non-hydrogen) atoms. The molecule has 0 radical (unpaired) electrons. The minimum absolute atomic E-state index is 0.104. The Hall–Kier alpha value is -3.03. The second-order valence-electron chi connectivity index (χ2n) is 6.40. The number of aliphatic hydroxyl groups excluding tert-OH is 1. The number of anilines is 1. The molecule has 0 aliphatic rings. The van der Waals surface area contributed by atoms with Crippen molar-refractivity contribution in [3.63, 3.8) is 0 Å². The zero-order chi connectivity index (χ0) is 21.0. The predicted octanol–water partition coefficient (Wildman–Crippen LogP) is 3.18. The van der Waals surface area contributed by atoms with Gasteiger partial charge < -0.3 is 10.4 Å². The fourth-order valence-corrected chi connectivity index (χ4v) is 3.17. The van der Waals surface area contributed by atoms with E-state index >= 15 is 0 Å². The largest absolute Gasteiger partial charge is 0.396 e. The lowest BCUT2D eigenvalue weighted by Crippen LogP contribution is -2.33. The van der Waals surface area contributed by atoms with Gasteiger partial charge in [0.2, 0.25) is 5.91 Å². The number of rotatable bonds is 6. The van der Waals surface area contributed by atoms with Crippen LogP contribution in [0.5, 0.6) is 0 Å². The van der Waals surface area contributed by atoms with Crippen LogP contribution < -0.4 is 10.9 Å². The van der Waals surface area contributed by atoms with E-state index in [9.17, 15) is 19.1 Å². The van der Waals surface area contributed by atoms with Crippen LogP contribution in [0.1, 0.15) is 11.3 Å². The van der Waals surface area contributed by atoms with E-state index in [0.717, 1.165) is 0 Å². The molecule has 0 atom stereocenters. The molecular weight excluding hydrogens is 397 g/mol. The molecule has 1 amide bonds. The first-order valence-electron chi connectivity index (χ1n) is 8.92. The van der Waals surface area contributed by atoms with Crippen LogP contribution in [0.3, 0.4) is 0 Å². The van der Waals surface area contributed by atoms with Crippen molar-refractivity contribution in [2.75, 3.05) is 11.9 Å². The lowest BCUT2D eigenvalue weighted by atomic mass is 10.1. The Labute approximate surface area is 171 Å². The predicted molar refractivity (Wildman–Crippen MR) is 109 cm³/mol. The summed E-state index contributed by atoms with van der Waals surface area (Å²) in [6, 6.07) is 12.4. The molecule has 0 fully saturated rings. The Morgan fingerprint density at radius 1 is 1.24 bits per heavy atom. The van der Waals surface area contributed by atoms with E-state index in [0.29, 0.717) is 27.5 Å². The van der Waals surface area contributed by atoms with Crippen LogP contribution in [0.15, 0.2) is 53.3 Å². The first kappa shape index (κ1) is 20.7. The average Bonchev–Trinajstić information content (AvgIpc) is 2.69. The third-order valence-electron chi connectivity index (χ3n) is 4.36. The van der Waals surface area contributed by atoms with Crippen LogP contribution in [0.2, 0.25) is 5.02 Å². The molecule has 1 aromatic heterocycles. The van der Waals surface area contributed by atoms with Crippen molar-refractivity contribution >= 4 is 23.2 Å². The Bertz CT molecular complexity index is 1110. The first-order chi connectivity index (χ1) is 13.9. The highest BCUT2D eigenvalue weighted by Gasteiger charge is 2.18. The van der Waals surface area contributed by atoms with Crippen LogP contribution in [-0.2, 0) is 17.8 Å². The lowest BCUT2D eigenvalue weighted by molar-refractivity contribution is -0.116. The second kappa shape index (κ2) is 8.98. The number of hydrogen-bond acceptors (Lipinski definition) is 4. The zero-order valence-corrected chi connectivity index (χ0v) is 16.4. The molecule has 1 heterocycles. The normalized spacial score (nSPS) is 10.8. The van der Waals surface area contributed by atoms with Crippen LogP contribution in [0, 0.1) is 12.7 Å². The summed E-state index contributed by atoms with van der Waals surface area (Å²) in [5, 5.41) is 12.3. The summed E-state index contributed by atoms with van der Waals surface area (Å²) >= 11 is 6.07. The van der Waals surface area contributed by atoms with Gasteiger partial charge in [0.05, 0.1) is 10.7 Å². The number of hydrogen-bond donors (Lipinski definition) is 2. The number of para-hydroxylation sites is 1. The third-order valence-corrected chi connectivity index (χ3v) is 4.69. The van der Waals surface area contributed by atoms with E-state index in [4.69, 9.17) is 11.6 Å². The number of carbonyl (C=O) groups excluding carboxylic acids is 1. The summed E-state index contributed by atoms with van der Waals surface area (Å²) < 4.78 is 14.9. The summed E-state index contributed by atoms with van der Waals surface area (Å²) in [4.78, 5) is 30.1. The van der Waals surface area contributed by atoms with Gasteiger partial charge in [-0.2, -0.15) is 0 Å². The number of amides is 1. The number of halogens is 2. The Morgan fingerprint density at radius 2 is 2.00 bits per heavy atom. The fourth-order valence-electron chi connectivity index (χ4n) is 2.99. The molecule has 0 bridgehead atoms. The van der Waals surface area contributed by atoms with E-state index in [1.165, 1.54) is 22.8 Å². The summed E-state index contributed by atoms with van der Waals surface area (Å²) in [5.41, 5.74) is 1.05. The molecule has 150 valence electrons. The summed E-state index contributed by atoms with van der Waals surface area (Å²) in [6.45, 7) is 1.06. The minimum atomic E-state index is -0.488. The van der Waals surface area contributed by atoms with Gasteiger partial charge in [-0.25, -0.2) is 9.37 Å². The van der Waals surface area contributed by atoms with Gasteiger partial charge in [-0.1, -0.05) is 35.9 Å². The molecule has 0 spiro atoms. The van der Waals surface area contributed by atoms with Gasteiger partial charge in [-0.05, 0) is 31.2 Å². The lowest BCUT2D eigenvalue weighted by Gasteiger charge is -2.16. The van der Waals surface area contributed by atoms with Gasteiger partial charge in [-0.15, -0.1) is 0 Å². The quantitative estimate of drug-likeness (QED) is 0.647. The smallest absolute Gasteiger partial charge is 0.257 e. The number of nitrogens with zero attached hydrogens (tertiary/aromatic N) is 2. The molecule has 6 nitrogen and oxygen atoms in total.